The van der Waals surface area contributed by atoms with Gasteiger partial charge in [-0.25, -0.2) is 19.9 Å². The van der Waals surface area contributed by atoms with Gasteiger partial charge in [-0.1, -0.05) is 24.3 Å². The van der Waals surface area contributed by atoms with Gasteiger partial charge in [0, 0.05) is 57.0 Å². The third-order valence-electron chi connectivity index (χ3n) is 9.12. The SMILES string of the molecule is Cc1ccnc(Nc2ccc(-c3c4nc(cc5ccc([nH]5)c(-c5ccc(Nc6cc(C)ccn6)cc5)c5nc(cc6ccc3[nH]6)C=C5)C=C4)cc2)c1. The standard InChI is InChI=1S/C44H34N8/c1-27-19-21-45-41(23-27)51-31-7-3-29(4-8-31)43-37-15-11-33(47-37)25-35-13-17-39(49-35)44(40-18-14-36(50-40)26-34-12-16-38(43)48-34)30-5-9-32(10-6-30)52-42-24-28(2)20-22-46-42/h3-26,47,50H,1-2H3,(H,45,51)(H,46,52). The average Bonchev–Trinajstić information content (AvgIpc) is 3.97. The predicted molar refractivity (Wildman–Crippen MR) is 214 cm³/mol. The lowest BCUT2D eigenvalue weighted by molar-refractivity contribution is 1.27. The summed E-state index contributed by atoms with van der Waals surface area (Å²) in [6.45, 7) is 4.12. The average molecular weight is 675 g/mol. The number of aromatic nitrogens is 6. The molecule has 0 radical (unpaired) electrons. The van der Waals surface area contributed by atoms with E-state index in [4.69, 9.17) is 9.97 Å². The molecule has 8 nitrogen and oxygen atoms in total. The Balaban J connectivity index is 1.14. The van der Waals surface area contributed by atoms with Gasteiger partial charge in [0.25, 0.3) is 0 Å². The molecule has 5 aromatic heterocycles. The Morgan fingerprint density at radius 3 is 1.33 bits per heavy atom. The lowest BCUT2D eigenvalue weighted by Gasteiger charge is -2.09. The van der Waals surface area contributed by atoms with Gasteiger partial charge in [-0.2, -0.15) is 0 Å². The molecule has 9 rings (SSSR count). The van der Waals surface area contributed by atoms with Crippen LogP contribution in [0.25, 0.3) is 68.6 Å². The molecule has 52 heavy (non-hydrogen) atoms. The van der Waals surface area contributed by atoms with Crippen LogP contribution >= 0.6 is 0 Å². The molecular weight excluding hydrogens is 641 g/mol. The fourth-order valence-electron chi connectivity index (χ4n) is 6.63. The van der Waals surface area contributed by atoms with Crippen LogP contribution in [0.3, 0.4) is 0 Å². The molecule has 0 saturated heterocycles. The van der Waals surface area contributed by atoms with Crippen molar-refractivity contribution in [2.24, 2.45) is 0 Å². The summed E-state index contributed by atoms with van der Waals surface area (Å²) in [4.78, 5) is 26.4. The van der Waals surface area contributed by atoms with Crippen molar-refractivity contribution < 1.29 is 0 Å². The number of aromatic amines is 2. The van der Waals surface area contributed by atoms with Crippen molar-refractivity contribution in [3.05, 3.63) is 155 Å². The third kappa shape index (κ3) is 6.36. The van der Waals surface area contributed by atoms with Crippen LogP contribution in [0.4, 0.5) is 23.0 Å². The highest BCUT2D eigenvalue weighted by molar-refractivity contribution is 5.93. The Labute approximate surface area is 300 Å². The molecule has 7 aromatic rings. The number of H-pyrrole nitrogens is 2. The van der Waals surface area contributed by atoms with Gasteiger partial charge < -0.3 is 20.6 Å². The Kier molecular flexibility index (Phi) is 7.74. The van der Waals surface area contributed by atoms with E-state index in [0.717, 1.165) is 101 Å². The number of pyridine rings is 2. The van der Waals surface area contributed by atoms with Crippen LogP contribution in [-0.2, 0) is 0 Å². The number of anilines is 4. The highest BCUT2D eigenvalue weighted by Crippen LogP contribution is 2.34. The van der Waals surface area contributed by atoms with E-state index < -0.39 is 0 Å². The number of nitrogens with zero attached hydrogens (tertiary/aromatic N) is 4. The van der Waals surface area contributed by atoms with Crippen molar-refractivity contribution in [1.29, 1.82) is 0 Å². The molecule has 0 atom stereocenters. The fraction of sp³-hybridized carbons (Fsp3) is 0.0455. The Morgan fingerprint density at radius 2 is 0.904 bits per heavy atom. The fourth-order valence-corrected chi connectivity index (χ4v) is 6.63. The van der Waals surface area contributed by atoms with Crippen LogP contribution in [-0.4, -0.2) is 29.9 Å². The molecule has 4 N–H and O–H groups in total. The summed E-state index contributed by atoms with van der Waals surface area (Å²) in [7, 11) is 0. The summed E-state index contributed by atoms with van der Waals surface area (Å²) in [6, 6.07) is 37.4. The molecule has 0 amide bonds. The van der Waals surface area contributed by atoms with Crippen molar-refractivity contribution >= 4 is 69.4 Å². The Morgan fingerprint density at radius 1 is 0.462 bits per heavy atom. The summed E-state index contributed by atoms with van der Waals surface area (Å²) < 4.78 is 0. The number of fused-ring (bicyclic) bond motifs is 8. The van der Waals surface area contributed by atoms with E-state index in [-0.39, 0.29) is 0 Å². The molecule has 2 aliphatic rings. The van der Waals surface area contributed by atoms with Crippen molar-refractivity contribution in [3.63, 3.8) is 0 Å². The molecule has 0 aliphatic carbocycles. The first-order chi connectivity index (χ1) is 25.5. The second-order valence-corrected chi connectivity index (χ2v) is 13.0. The molecule has 250 valence electrons. The lowest BCUT2D eigenvalue weighted by Crippen LogP contribution is -1.94. The first kappa shape index (κ1) is 31.0. The zero-order valence-corrected chi connectivity index (χ0v) is 28.6. The minimum absolute atomic E-state index is 0.816. The maximum Gasteiger partial charge on any atom is 0.130 e. The number of aryl methyl sites for hydroxylation is 2. The number of nitrogens with one attached hydrogen (secondary N) is 4. The van der Waals surface area contributed by atoms with E-state index in [9.17, 15) is 0 Å². The molecule has 7 heterocycles. The van der Waals surface area contributed by atoms with E-state index in [1.165, 1.54) is 0 Å². The summed E-state index contributed by atoms with van der Waals surface area (Å²) in [6.07, 6.45) is 11.9. The molecule has 2 aromatic carbocycles. The summed E-state index contributed by atoms with van der Waals surface area (Å²) >= 11 is 0. The van der Waals surface area contributed by atoms with Gasteiger partial charge >= 0.3 is 0 Å². The second kappa shape index (κ2) is 13.0. The van der Waals surface area contributed by atoms with E-state index in [0.29, 0.717) is 0 Å². The molecular formula is C44H34N8. The molecule has 2 aliphatic heterocycles. The maximum absolute atomic E-state index is 5.10. The van der Waals surface area contributed by atoms with Crippen LogP contribution in [0.5, 0.6) is 0 Å². The molecule has 0 unspecified atom stereocenters. The predicted octanol–water partition coefficient (Wildman–Crippen LogP) is 10.9. The minimum atomic E-state index is 0.816. The maximum atomic E-state index is 5.10. The molecule has 0 fully saturated rings. The monoisotopic (exact) mass is 674 g/mol. The number of benzene rings is 2. The number of rotatable bonds is 6. The van der Waals surface area contributed by atoms with Crippen molar-refractivity contribution in [1.82, 2.24) is 29.9 Å². The van der Waals surface area contributed by atoms with Gasteiger partial charge in [0.05, 0.1) is 22.8 Å². The van der Waals surface area contributed by atoms with Crippen LogP contribution in [0.2, 0.25) is 0 Å². The van der Waals surface area contributed by atoms with Crippen molar-refractivity contribution in [2.75, 3.05) is 10.6 Å². The van der Waals surface area contributed by atoms with Crippen LogP contribution in [0.15, 0.2) is 122 Å². The molecule has 8 heteroatoms. The first-order valence-electron chi connectivity index (χ1n) is 17.2. The van der Waals surface area contributed by atoms with Gasteiger partial charge in [0.2, 0.25) is 0 Å². The topological polar surface area (TPSA) is 107 Å². The smallest absolute Gasteiger partial charge is 0.130 e. The van der Waals surface area contributed by atoms with E-state index in [1.807, 2.05) is 36.7 Å². The van der Waals surface area contributed by atoms with Gasteiger partial charge in [-0.05, 0) is 145 Å². The number of hydrogen-bond donors (Lipinski definition) is 4. The van der Waals surface area contributed by atoms with Crippen molar-refractivity contribution in [2.45, 2.75) is 13.8 Å². The van der Waals surface area contributed by atoms with Gasteiger partial charge in [0.1, 0.15) is 11.6 Å². The third-order valence-corrected chi connectivity index (χ3v) is 9.12. The Hall–Kier alpha value is -7.06. The quantitative estimate of drug-likeness (QED) is 0.140. The molecule has 0 saturated carbocycles. The summed E-state index contributed by atoms with van der Waals surface area (Å²) in [5.41, 5.74) is 15.7. The minimum Gasteiger partial charge on any atom is -0.355 e. The van der Waals surface area contributed by atoms with E-state index in [1.54, 1.807) is 0 Å². The molecule has 0 spiro atoms. The van der Waals surface area contributed by atoms with Crippen LogP contribution in [0, 0.1) is 13.8 Å². The van der Waals surface area contributed by atoms with E-state index in [2.05, 4.69) is 154 Å². The van der Waals surface area contributed by atoms with Crippen LogP contribution in [0.1, 0.15) is 33.9 Å². The Bertz CT molecular complexity index is 2510. The first-order valence-corrected chi connectivity index (χ1v) is 17.2. The highest BCUT2D eigenvalue weighted by atomic mass is 15.0. The van der Waals surface area contributed by atoms with Gasteiger partial charge in [-0.15, -0.1) is 0 Å². The molecule has 8 bridgehead atoms. The summed E-state index contributed by atoms with van der Waals surface area (Å²) in [5.74, 6) is 1.63. The number of hydrogen-bond acceptors (Lipinski definition) is 6. The van der Waals surface area contributed by atoms with Crippen LogP contribution < -0.4 is 10.6 Å². The zero-order chi connectivity index (χ0) is 35.0. The lowest BCUT2D eigenvalue weighted by atomic mass is 10.0. The van der Waals surface area contributed by atoms with E-state index >= 15 is 0 Å². The second-order valence-electron chi connectivity index (χ2n) is 13.0. The largest absolute Gasteiger partial charge is 0.355 e. The van der Waals surface area contributed by atoms with Gasteiger partial charge in [-0.3, -0.25) is 0 Å². The summed E-state index contributed by atoms with van der Waals surface area (Å²) in [5, 5.41) is 6.82. The van der Waals surface area contributed by atoms with Gasteiger partial charge in [0.15, 0.2) is 0 Å². The zero-order valence-electron chi connectivity index (χ0n) is 28.6. The normalized spacial score (nSPS) is 11.9. The highest BCUT2D eigenvalue weighted by Gasteiger charge is 2.14. The van der Waals surface area contributed by atoms with Crippen molar-refractivity contribution in [3.8, 4) is 22.3 Å².